The molecule has 0 fully saturated rings. The van der Waals surface area contributed by atoms with Crippen LogP contribution in [0.3, 0.4) is 0 Å². The molecule has 0 saturated heterocycles. The van der Waals surface area contributed by atoms with Crippen LogP contribution in [0.4, 0.5) is 0 Å². The second-order valence-corrected chi connectivity index (χ2v) is 4.14. The Labute approximate surface area is 97.2 Å². The predicted octanol–water partition coefficient (Wildman–Crippen LogP) is 0.761. The molecule has 92 valence electrons. The molecule has 0 amide bonds. The molecule has 0 aromatic carbocycles. The molecule has 5 nitrogen and oxygen atoms in total. The molecular formula is C11H22N4O. The van der Waals surface area contributed by atoms with Crippen LogP contribution in [0.25, 0.3) is 0 Å². The van der Waals surface area contributed by atoms with Gasteiger partial charge in [-0.25, -0.2) is 4.98 Å². The summed E-state index contributed by atoms with van der Waals surface area (Å²) in [6.07, 6.45) is 2.69. The van der Waals surface area contributed by atoms with Gasteiger partial charge in [-0.1, -0.05) is 6.92 Å². The maximum Gasteiger partial charge on any atom is 0.138 e. The van der Waals surface area contributed by atoms with Crippen LogP contribution in [-0.4, -0.2) is 40.1 Å². The summed E-state index contributed by atoms with van der Waals surface area (Å²) in [5.41, 5.74) is 0. The lowest BCUT2D eigenvalue weighted by molar-refractivity contribution is 0.0610. The number of ether oxygens (including phenoxy) is 1. The smallest absolute Gasteiger partial charge is 0.138 e. The van der Waals surface area contributed by atoms with Gasteiger partial charge in [0.1, 0.15) is 12.2 Å². The number of nitrogens with one attached hydrogen (secondary N) is 1. The highest BCUT2D eigenvalue weighted by Gasteiger charge is 2.12. The molecular weight excluding hydrogens is 204 g/mol. The van der Waals surface area contributed by atoms with Crippen molar-refractivity contribution < 1.29 is 4.74 Å². The summed E-state index contributed by atoms with van der Waals surface area (Å²) in [4.78, 5) is 4.22. The second kappa shape index (κ2) is 6.60. The van der Waals surface area contributed by atoms with Gasteiger partial charge in [-0.05, 0) is 20.4 Å². The van der Waals surface area contributed by atoms with Gasteiger partial charge in [-0.2, -0.15) is 5.10 Å². The first kappa shape index (κ1) is 13.1. The minimum atomic E-state index is 0.264. The molecule has 1 rings (SSSR count). The van der Waals surface area contributed by atoms with Crippen molar-refractivity contribution in [2.24, 2.45) is 7.05 Å². The summed E-state index contributed by atoms with van der Waals surface area (Å²) in [7, 11) is 1.91. The first-order chi connectivity index (χ1) is 7.63. The van der Waals surface area contributed by atoms with Crippen molar-refractivity contribution in [2.75, 3.05) is 13.2 Å². The van der Waals surface area contributed by atoms with Gasteiger partial charge in [-0.15, -0.1) is 0 Å². The van der Waals surface area contributed by atoms with E-state index >= 15 is 0 Å². The van der Waals surface area contributed by atoms with Gasteiger partial charge in [0.25, 0.3) is 0 Å². The van der Waals surface area contributed by atoms with E-state index in [4.69, 9.17) is 4.74 Å². The number of hydrogen-bond acceptors (Lipinski definition) is 4. The van der Waals surface area contributed by atoms with Gasteiger partial charge in [0, 0.05) is 19.5 Å². The highest BCUT2D eigenvalue weighted by molar-refractivity contribution is 4.88. The summed E-state index contributed by atoms with van der Waals surface area (Å²) < 4.78 is 7.43. The number of hydrogen-bond donors (Lipinski definition) is 1. The molecule has 1 aromatic rings. The fourth-order valence-corrected chi connectivity index (χ4v) is 1.51. The van der Waals surface area contributed by atoms with Crippen LogP contribution < -0.4 is 5.32 Å². The van der Waals surface area contributed by atoms with Crippen molar-refractivity contribution >= 4 is 0 Å². The van der Waals surface area contributed by atoms with E-state index in [1.807, 2.05) is 20.9 Å². The Bertz CT molecular complexity index is 298. The Hall–Kier alpha value is -0.940. The van der Waals surface area contributed by atoms with Gasteiger partial charge in [0.05, 0.1) is 12.7 Å². The van der Waals surface area contributed by atoms with Gasteiger partial charge < -0.3 is 10.1 Å². The normalized spacial score (nSPS) is 13.3. The highest BCUT2D eigenvalue weighted by Crippen LogP contribution is 2.00. The number of aromatic nitrogens is 3. The van der Waals surface area contributed by atoms with Crippen LogP contribution in [0.1, 0.15) is 26.6 Å². The number of nitrogens with zero attached hydrogens (tertiary/aromatic N) is 3. The third-order valence-corrected chi connectivity index (χ3v) is 2.36. The SMILES string of the molecule is CCNC(COC(C)C)Cc1ncnn1C. The third-order valence-electron chi connectivity index (χ3n) is 2.36. The van der Waals surface area contributed by atoms with Crippen LogP contribution >= 0.6 is 0 Å². The van der Waals surface area contributed by atoms with Crippen LogP contribution in [0.5, 0.6) is 0 Å². The van der Waals surface area contributed by atoms with Crippen LogP contribution in [0.15, 0.2) is 6.33 Å². The predicted molar refractivity (Wildman–Crippen MR) is 63.3 cm³/mol. The van der Waals surface area contributed by atoms with Gasteiger partial charge in [0.15, 0.2) is 0 Å². The summed E-state index contributed by atoms with van der Waals surface area (Å²) >= 11 is 0. The zero-order chi connectivity index (χ0) is 12.0. The molecule has 0 spiro atoms. The zero-order valence-electron chi connectivity index (χ0n) is 10.6. The molecule has 0 radical (unpaired) electrons. The van der Waals surface area contributed by atoms with Crippen molar-refractivity contribution in [1.82, 2.24) is 20.1 Å². The minimum Gasteiger partial charge on any atom is -0.377 e. The molecule has 1 heterocycles. The first-order valence-corrected chi connectivity index (χ1v) is 5.81. The summed E-state index contributed by atoms with van der Waals surface area (Å²) in [6.45, 7) is 7.83. The first-order valence-electron chi connectivity index (χ1n) is 5.81. The zero-order valence-corrected chi connectivity index (χ0v) is 10.6. The third kappa shape index (κ3) is 4.28. The molecule has 0 aliphatic carbocycles. The van der Waals surface area contributed by atoms with Gasteiger partial charge in [0.2, 0.25) is 0 Å². The molecule has 1 unspecified atom stereocenters. The lowest BCUT2D eigenvalue weighted by atomic mass is 10.2. The lowest BCUT2D eigenvalue weighted by Crippen LogP contribution is -2.36. The van der Waals surface area contributed by atoms with Crippen molar-refractivity contribution in [3.63, 3.8) is 0 Å². The Kier molecular flexibility index (Phi) is 5.42. The monoisotopic (exact) mass is 226 g/mol. The molecule has 0 aliphatic heterocycles. The maximum absolute atomic E-state index is 5.63. The largest absolute Gasteiger partial charge is 0.377 e. The Morgan fingerprint density at radius 2 is 2.25 bits per heavy atom. The summed E-state index contributed by atoms with van der Waals surface area (Å²) in [5.74, 6) is 0.985. The molecule has 5 heteroatoms. The quantitative estimate of drug-likeness (QED) is 0.746. The van der Waals surface area contributed by atoms with E-state index in [1.165, 1.54) is 0 Å². The average molecular weight is 226 g/mol. The van der Waals surface area contributed by atoms with Crippen LogP contribution in [0.2, 0.25) is 0 Å². The van der Waals surface area contributed by atoms with E-state index in [9.17, 15) is 0 Å². The standard InChI is InChI=1S/C11H22N4O/c1-5-12-10(7-16-9(2)3)6-11-13-8-14-15(11)4/h8-10,12H,5-7H2,1-4H3. The molecule has 16 heavy (non-hydrogen) atoms. The molecule has 1 aromatic heterocycles. The molecule has 1 N–H and O–H groups in total. The lowest BCUT2D eigenvalue weighted by Gasteiger charge is -2.18. The Morgan fingerprint density at radius 3 is 2.75 bits per heavy atom. The summed E-state index contributed by atoms with van der Waals surface area (Å²) in [5, 5.41) is 7.46. The van der Waals surface area contributed by atoms with E-state index in [-0.39, 0.29) is 6.10 Å². The van der Waals surface area contributed by atoms with Crippen LogP contribution in [-0.2, 0) is 18.2 Å². The highest BCUT2D eigenvalue weighted by atomic mass is 16.5. The number of likely N-dealkylation sites (N-methyl/N-ethyl adjacent to an activating group) is 1. The van der Waals surface area contributed by atoms with E-state index in [2.05, 4.69) is 22.3 Å². The van der Waals surface area contributed by atoms with Gasteiger partial charge in [-0.3, -0.25) is 4.68 Å². The maximum atomic E-state index is 5.63. The van der Waals surface area contributed by atoms with Crippen LogP contribution in [0, 0.1) is 0 Å². The molecule has 0 aliphatic rings. The Balaban J connectivity index is 2.47. The van der Waals surface area contributed by atoms with Crippen molar-refractivity contribution in [3.8, 4) is 0 Å². The molecule has 0 bridgehead atoms. The van der Waals surface area contributed by atoms with Crippen molar-refractivity contribution in [3.05, 3.63) is 12.2 Å². The van der Waals surface area contributed by atoms with Crippen molar-refractivity contribution in [2.45, 2.75) is 39.3 Å². The Morgan fingerprint density at radius 1 is 1.50 bits per heavy atom. The van der Waals surface area contributed by atoms with E-state index in [0.29, 0.717) is 12.6 Å². The fourth-order valence-electron chi connectivity index (χ4n) is 1.51. The van der Waals surface area contributed by atoms with E-state index in [0.717, 1.165) is 18.8 Å². The van der Waals surface area contributed by atoms with Crippen molar-refractivity contribution in [1.29, 1.82) is 0 Å². The number of aryl methyl sites for hydroxylation is 1. The minimum absolute atomic E-state index is 0.264. The molecule has 1 atom stereocenters. The topological polar surface area (TPSA) is 52.0 Å². The van der Waals surface area contributed by atoms with E-state index < -0.39 is 0 Å². The van der Waals surface area contributed by atoms with Gasteiger partial charge >= 0.3 is 0 Å². The van der Waals surface area contributed by atoms with E-state index in [1.54, 1.807) is 11.0 Å². The molecule has 0 saturated carbocycles. The second-order valence-electron chi connectivity index (χ2n) is 4.14. The fraction of sp³-hybridized carbons (Fsp3) is 0.818. The average Bonchev–Trinajstić information content (AvgIpc) is 2.61. The summed E-state index contributed by atoms with van der Waals surface area (Å²) in [6, 6.07) is 0.301. The number of rotatable bonds is 7.